The fraction of sp³-hybridized carbons (Fsp3) is 0.818. The number of Topliss-reactive ketones (excluding diaryl/α,β-unsaturated/α-hetero) is 1. The number of rotatable bonds is 3. The fourth-order valence-corrected chi connectivity index (χ4v) is 2.48. The summed E-state index contributed by atoms with van der Waals surface area (Å²) in [4.78, 5) is 27.1. The lowest BCUT2D eigenvalue weighted by atomic mass is 10.1. The van der Waals surface area contributed by atoms with E-state index in [9.17, 15) is 9.59 Å². The zero-order chi connectivity index (χ0) is 11.7. The van der Waals surface area contributed by atoms with E-state index in [0.29, 0.717) is 13.0 Å². The zero-order valence-electron chi connectivity index (χ0n) is 9.90. The van der Waals surface area contributed by atoms with Gasteiger partial charge in [-0.05, 0) is 6.92 Å². The first-order chi connectivity index (χ1) is 7.63. The third-order valence-electron chi connectivity index (χ3n) is 3.63. The Balaban J connectivity index is 1.96. The van der Waals surface area contributed by atoms with Crippen LogP contribution in [0.3, 0.4) is 0 Å². The van der Waals surface area contributed by atoms with Crippen molar-refractivity contribution < 1.29 is 9.59 Å². The normalized spacial score (nSPS) is 27.5. The molecule has 1 N–H and O–H groups in total. The lowest BCUT2D eigenvalue weighted by molar-refractivity contribution is -0.124. The number of nitrogens with one attached hydrogen (secondary N) is 1. The zero-order valence-corrected chi connectivity index (χ0v) is 9.90. The van der Waals surface area contributed by atoms with Gasteiger partial charge >= 0.3 is 6.03 Å². The number of piperazine rings is 1. The Morgan fingerprint density at radius 3 is 3.00 bits per heavy atom. The molecule has 2 aliphatic rings. The number of hydrogen-bond donors (Lipinski definition) is 1. The molecule has 5 nitrogen and oxygen atoms in total. The van der Waals surface area contributed by atoms with Gasteiger partial charge in [-0.15, -0.1) is 0 Å². The second-order valence-corrected chi connectivity index (χ2v) is 4.52. The number of fused-ring (bicyclic) bond motifs is 1. The van der Waals surface area contributed by atoms with E-state index in [1.807, 2.05) is 18.7 Å². The van der Waals surface area contributed by atoms with Crippen LogP contribution in [-0.4, -0.2) is 59.9 Å². The summed E-state index contributed by atoms with van der Waals surface area (Å²) in [6.07, 6.45) is 0.587. The number of nitrogens with zero attached hydrogens (tertiary/aromatic N) is 2. The predicted octanol–water partition coefficient (Wildman–Crippen LogP) is 0.0634. The van der Waals surface area contributed by atoms with Gasteiger partial charge in [-0.25, -0.2) is 4.79 Å². The molecule has 5 heteroatoms. The van der Waals surface area contributed by atoms with Gasteiger partial charge in [0.2, 0.25) is 0 Å². The van der Waals surface area contributed by atoms with E-state index < -0.39 is 0 Å². The topological polar surface area (TPSA) is 52.7 Å². The van der Waals surface area contributed by atoms with Gasteiger partial charge in [0, 0.05) is 32.6 Å². The maximum atomic E-state index is 11.6. The number of urea groups is 1. The van der Waals surface area contributed by atoms with Crippen LogP contribution in [0, 0.1) is 0 Å². The Bertz CT molecular complexity index is 306. The fourth-order valence-electron chi connectivity index (χ4n) is 2.48. The molecule has 2 aliphatic heterocycles. The van der Waals surface area contributed by atoms with Gasteiger partial charge in [-0.2, -0.15) is 0 Å². The van der Waals surface area contributed by atoms with Crippen molar-refractivity contribution in [1.29, 1.82) is 0 Å². The van der Waals surface area contributed by atoms with Crippen LogP contribution in [0.25, 0.3) is 0 Å². The van der Waals surface area contributed by atoms with Crippen molar-refractivity contribution in [2.24, 2.45) is 0 Å². The van der Waals surface area contributed by atoms with Crippen LogP contribution in [0.15, 0.2) is 0 Å². The first kappa shape index (κ1) is 11.4. The summed E-state index contributed by atoms with van der Waals surface area (Å²) in [7, 11) is 0. The highest BCUT2D eigenvalue weighted by Gasteiger charge is 2.37. The van der Waals surface area contributed by atoms with Gasteiger partial charge < -0.3 is 10.2 Å². The SMILES string of the molecule is CCC(=O)C(C)N1CCN2C(=O)NCC2C1. The Morgan fingerprint density at radius 2 is 2.31 bits per heavy atom. The average molecular weight is 225 g/mol. The van der Waals surface area contributed by atoms with E-state index in [2.05, 4.69) is 10.2 Å². The Kier molecular flexibility index (Phi) is 3.14. The van der Waals surface area contributed by atoms with Crippen molar-refractivity contribution in [3.05, 3.63) is 0 Å². The third-order valence-corrected chi connectivity index (χ3v) is 3.63. The Hall–Kier alpha value is -1.10. The summed E-state index contributed by atoms with van der Waals surface area (Å²) in [5.41, 5.74) is 0. The molecule has 2 amide bonds. The number of amides is 2. The van der Waals surface area contributed by atoms with E-state index >= 15 is 0 Å². The quantitative estimate of drug-likeness (QED) is 0.739. The van der Waals surface area contributed by atoms with Gasteiger partial charge in [-0.3, -0.25) is 9.69 Å². The summed E-state index contributed by atoms with van der Waals surface area (Å²) in [6, 6.07) is 0.273. The highest BCUT2D eigenvalue weighted by atomic mass is 16.2. The number of hydrogen-bond acceptors (Lipinski definition) is 3. The van der Waals surface area contributed by atoms with E-state index in [1.165, 1.54) is 0 Å². The minimum atomic E-state index is -0.0112. The summed E-state index contributed by atoms with van der Waals surface area (Å²) < 4.78 is 0. The van der Waals surface area contributed by atoms with E-state index in [1.54, 1.807) is 0 Å². The molecule has 2 rings (SSSR count). The van der Waals surface area contributed by atoms with Crippen LogP contribution in [0.4, 0.5) is 4.79 Å². The van der Waals surface area contributed by atoms with Crippen molar-refractivity contribution >= 4 is 11.8 Å². The molecular formula is C11H19N3O2. The van der Waals surface area contributed by atoms with Crippen LogP contribution in [0.2, 0.25) is 0 Å². The minimum absolute atomic E-state index is 0.0112. The molecule has 0 aromatic heterocycles. The van der Waals surface area contributed by atoms with Crippen LogP contribution in [0.5, 0.6) is 0 Å². The molecule has 2 heterocycles. The molecule has 0 saturated carbocycles. The van der Waals surface area contributed by atoms with Crippen LogP contribution >= 0.6 is 0 Å². The summed E-state index contributed by atoms with van der Waals surface area (Å²) in [5, 5.41) is 2.84. The van der Waals surface area contributed by atoms with Gasteiger partial charge in [-0.1, -0.05) is 6.92 Å². The lowest BCUT2D eigenvalue weighted by Crippen LogP contribution is -2.55. The molecule has 90 valence electrons. The van der Waals surface area contributed by atoms with Crippen molar-refractivity contribution in [3.63, 3.8) is 0 Å². The molecule has 2 atom stereocenters. The first-order valence-electron chi connectivity index (χ1n) is 5.94. The van der Waals surface area contributed by atoms with Gasteiger partial charge in [0.1, 0.15) is 5.78 Å². The van der Waals surface area contributed by atoms with Crippen molar-refractivity contribution in [1.82, 2.24) is 15.1 Å². The highest BCUT2D eigenvalue weighted by Crippen LogP contribution is 2.16. The molecule has 0 spiro atoms. The summed E-state index contributed by atoms with van der Waals surface area (Å²) >= 11 is 0. The largest absolute Gasteiger partial charge is 0.336 e. The van der Waals surface area contributed by atoms with Gasteiger partial charge in [0.25, 0.3) is 0 Å². The van der Waals surface area contributed by atoms with Crippen molar-refractivity contribution in [2.75, 3.05) is 26.2 Å². The molecule has 0 radical (unpaired) electrons. The maximum Gasteiger partial charge on any atom is 0.317 e. The Morgan fingerprint density at radius 1 is 1.56 bits per heavy atom. The molecule has 2 unspecified atom stereocenters. The highest BCUT2D eigenvalue weighted by molar-refractivity contribution is 5.83. The molecular weight excluding hydrogens is 206 g/mol. The van der Waals surface area contributed by atoms with Crippen molar-refractivity contribution in [2.45, 2.75) is 32.4 Å². The standard InChI is InChI=1S/C11H19N3O2/c1-3-10(15)8(2)13-4-5-14-9(7-13)6-12-11(14)16/h8-9H,3-7H2,1-2H3,(H,12,16). The molecule has 0 bridgehead atoms. The number of carbonyl (C=O) groups excluding carboxylic acids is 2. The van der Waals surface area contributed by atoms with E-state index in [-0.39, 0.29) is 23.9 Å². The second kappa shape index (κ2) is 4.41. The van der Waals surface area contributed by atoms with Crippen molar-refractivity contribution in [3.8, 4) is 0 Å². The molecule has 16 heavy (non-hydrogen) atoms. The predicted molar refractivity (Wildman–Crippen MR) is 60.2 cm³/mol. The molecule has 0 aliphatic carbocycles. The second-order valence-electron chi connectivity index (χ2n) is 4.52. The van der Waals surface area contributed by atoms with Crippen LogP contribution < -0.4 is 5.32 Å². The van der Waals surface area contributed by atoms with Gasteiger partial charge in [0.05, 0.1) is 12.1 Å². The molecule has 2 saturated heterocycles. The monoisotopic (exact) mass is 225 g/mol. The Labute approximate surface area is 95.8 Å². The van der Waals surface area contributed by atoms with Gasteiger partial charge in [0.15, 0.2) is 0 Å². The molecule has 0 aromatic carbocycles. The maximum absolute atomic E-state index is 11.6. The van der Waals surface area contributed by atoms with E-state index in [0.717, 1.165) is 19.6 Å². The third kappa shape index (κ3) is 1.91. The number of ketones is 1. The van der Waals surface area contributed by atoms with Crippen LogP contribution in [-0.2, 0) is 4.79 Å². The minimum Gasteiger partial charge on any atom is -0.336 e. The summed E-state index contributed by atoms with van der Waals surface area (Å²) in [5.74, 6) is 0.283. The van der Waals surface area contributed by atoms with Crippen LogP contribution in [0.1, 0.15) is 20.3 Å². The first-order valence-corrected chi connectivity index (χ1v) is 5.94. The summed E-state index contributed by atoms with van der Waals surface area (Å²) in [6.45, 7) is 6.92. The number of carbonyl (C=O) groups is 2. The average Bonchev–Trinajstić information content (AvgIpc) is 2.68. The molecule has 0 aromatic rings. The van der Waals surface area contributed by atoms with E-state index in [4.69, 9.17) is 0 Å². The molecule has 2 fully saturated rings. The smallest absolute Gasteiger partial charge is 0.317 e. The lowest BCUT2D eigenvalue weighted by Gasteiger charge is -2.39.